The second-order valence-corrected chi connectivity index (χ2v) is 13.5. The van der Waals surface area contributed by atoms with Crippen LogP contribution in [-0.2, 0) is 38.1 Å². The second-order valence-electron chi connectivity index (χ2n) is 13.5. The molecule has 0 aromatic heterocycles. The van der Waals surface area contributed by atoms with Gasteiger partial charge in [0, 0.05) is 57.3 Å². The predicted octanol–water partition coefficient (Wildman–Crippen LogP) is 8.18. The highest BCUT2D eigenvalue weighted by molar-refractivity contribution is 5.83. The summed E-state index contributed by atoms with van der Waals surface area (Å²) in [5.41, 5.74) is 9.04. The van der Waals surface area contributed by atoms with Gasteiger partial charge in [0.25, 0.3) is 0 Å². The van der Waals surface area contributed by atoms with E-state index in [0.717, 1.165) is 50.4 Å². The number of hydrogen-bond acceptors (Lipinski definition) is 11. The monoisotopic (exact) mass is 779 g/mol. The minimum Gasteiger partial charge on any atom is -0.466 e. The van der Waals surface area contributed by atoms with Gasteiger partial charge in [0.2, 0.25) is 0 Å². The van der Waals surface area contributed by atoms with Crippen LogP contribution in [0.5, 0.6) is 0 Å². The second kappa shape index (κ2) is 22.6. The molecule has 0 aliphatic heterocycles. The van der Waals surface area contributed by atoms with Gasteiger partial charge in [-0.25, -0.2) is 0 Å². The van der Waals surface area contributed by atoms with Gasteiger partial charge in [0.15, 0.2) is 0 Å². The molecule has 0 heterocycles. The Morgan fingerprint density at radius 1 is 0.386 bits per heavy atom. The van der Waals surface area contributed by atoms with Crippen molar-refractivity contribution < 1.29 is 38.1 Å². The van der Waals surface area contributed by atoms with Gasteiger partial charge in [0.1, 0.15) is 0 Å². The van der Waals surface area contributed by atoms with Gasteiger partial charge < -0.3 is 33.6 Å². The zero-order chi connectivity index (χ0) is 41.2. The Morgan fingerprint density at radius 3 is 0.930 bits per heavy atom. The van der Waals surface area contributed by atoms with Gasteiger partial charge in [-0.05, 0) is 116 Å². The fourth-order valence-electron chi connectivity index (χ4n) is 6.34. The molecule has 0 saturated heterocycles. The van der Waals surface area contributed by atoms with Gasteiger partial charge in [0.05, 0.1) is 52.1 Å². The Labute approximate surface area is 337 Å². The van der Waals surface area contributed by atoms with Crippen molar-refractivity contribution in [2.45, 2.75) is 53.4 Å². The summed E-state index contributed by atoms with van der Waals surface area (Å²) in [5, 5.41) is 0. The van der Waals surface area contributed by atoms with Crippen LogP contribution < -0.4 is 14.7 Å². The molecule has 0 aliphatic carbocycles. The van der Waals surface area contributed by atoms with E-state index < -0.39 is 0 Å². The van der Waals surface area contributed by atoms with Gasteiger partial charge in [-0.2, -0.15) is 0 Å². The molecule has 0 radical (unpaired) electrons. The molecule has 0 atom stereocenters. The minimum absolute atomic E-state index is 0.198. The Bertz CT molecular complexity index is 1780. The molecule has 0 amide bonds. The summed E-state index contributed by atoms with van der Waals surface area (Å²) in [6.45, 7) is 10.4. The van der Waals surface area contributed by atoms with Crippen LogP contribution >= 0.6 is 0 Å². The zero-order valence-electron chi connectivity index (χ0n) is 34.3. The first-order valence-electron chi connectivity index (χ1n) is 19.8. The number of esters is 4. The maximum atomic E-state index is 12.2. The van der Waals surface area contributed by atoms with Crippen molar-refractivity contribution in [3.8, 4) is 33.4 Å². The van der Waals surface area contributed by atoms with Crippen LogP contribution in [0.1, 0.15) is 53.4 Å². The van der Waals surface area contributed by atoms with E-state index in [9.17, 15) is 19.2 Å². The van der Waals surface area contributed by atoms with Crippen molar-refractivity contribution >= 4 is 40.9 Å². The lowest BCUT2D eigenvalue weighted by molar-refractivity contribution is -0.144. The van der Waals surface area contributed by atoms with Crippen molar-refractivity contribution in [2.24, 2.45) is 0 Å². The van der Waals surface area contributed by atoms with Crippen LogP contribution in [0.2, 0.25) is 0 Å². The third kappa shape index (κ3) is 13.7. The first-order valence-corrected chi connectivity index (χ1v) is 19.8. The molecule has 304 valence electrons. The summed E-state index contributed by atoms with van der Waals surface area (Å²) in [6.07, 6.45) is 1.02. The summed E-state index contributed by atoms with van der Waals surface area (Å²) in [7, 11) is 3.92. The van der Waals surface area contributed by atoms with Gasteiger partial charge in [-0.3, -0.25) is 19.2 Å². The topological polar surface area (TPSA) is 115 Å². The van der Waals surface area contributed by atoms with Crippen LogP contribution in [-0.4, -0.2) is 90.6 Å². The quantitative estimate of drug-likeness (QED) is 0.0568. The standard InChI is InChI=1S/C46H57N3O8/c1-7-54-43(50)23-27-47(5)40-17-11-34(12-18-40)37-31-38(35-13-19-41(20-14-35)48(6)28-24-44(51)55-8-2)33-39(32-37)36-15-21-42(22-16-36)49(29-25-45(52)56-9-3)30-26-46(53)57-10-4/h11-22,31-33H,7-10,23-30H2,1-6H3. The molecule has 0 aliphatic rings. The van der Waals surface area contributed by atoms with Crippen molar-refractivity contribution in [2.75, 3.05) is 81.4 Å². The van der Waals surface area contributed by atoms with Crippen LogP contribution in [0.25, 0.3) is 33.4 Å². The Morgan fingerprint density at radius 2 is 0.649 bits per heavy atom. The van der Waals surface area contributed by atoms with E-state index in [4.69, 9.17) is 18.9 Å². The average Bonchev–Trinajstić information content (AvgIpc) is 3.22. The van der Waals surface area contributed by atoms with E-state index >= 15 is 0 Å². The van der Waals surface area contributed by atoms with Crippen LogP contribution in [0, 0.1) is 0 Å². The zero-order valence-corrected chi connectivity index (χ0v) is 34.3. The molecule has 11 nitrogen and oxygen atoms in total. The summed E-state index contributed by atoms with van der Waals surface area (Å²) < 4.78 is 20.5. The molecule has 0 saturated carbocycles. The number of carbonyl (C=O) groups excluding carboxylic acids is 4. The molecule has 0 bridgehead atoms. The van der Waals surface area contributed by atoms with Gasteiger partial charge >= 0.3 is 23.9 Å². The third-order valence-corrected chi connectivity index (χ3v) is 9.48. The Hall–Kier alpha value is -5.84. The minimum atomic E-state index is -0.285. The number of rotatable bonds is 22. The maximum Gasteiger partial charge on any atom is 0.307 e. The first-order chi connectivity index (χ1) is 27.5. The number of hydrogen-bond donors (Lipinski definition) is 0. The van der Waals surface area contributed by atoms with Crippen molar-refractivity contribution in [3.63, 3.8) is 0 Å². The molecule has 0 spiro atoms. The van der Waals surface area contributed by atoms with E-state index in [1.54, 1.807) is 27.7 Å². The van der Waals surface area contributed by atoms with Crippen LogP contribution in [0.3, 0.4) is 0 Å². The van der Waals surface area contributed by atoms with E-state index in [2.05, 4.69) is 78.9 Å². The number of benzene rings is 4. The third-order valence-electron chi connectivity index (χ3n) is 9.48. The molecule has 11 heteroatoms. The summed E-state index contributed by atoms with van der Waals surface area (Å²) in [5.74, 6) is -0.994. The highest BCUT2D eigenvalue weighted by atomic mass is 16.5. The lowest BCUT2D eigenvalue weighted by atomic mass is 9.93. The van der Waals surface area contributed by atoms with E-state index in [0.29, 0.717) is 65.4 Å². The molecule has 0 fully saturated rings. The molecular weight excluding hydrogens is 723 g/mol. The molecule has 4 rings (SSSR count). The highest BCUT2D eigenvalue weighted by Gasteiger charge is 2.15. The molecule has 57 heavy (non-hydrogen) atoms. The molecular formula is C46H57N3O8. The lowest BCUT2D eigenvalue weighted by Crippen LogP contribution is -2.29. The summed E-state index contributed by atoms with van der Waals surface area (Å²) in [6, 6.07) is 31.3. The largest absolute Gasteiger partial charge is 0.466 e. The van der Waals surface area contributed by atoms with Crippen LogP contribution in [0.4, 0.5) is 17.1 Å². The first kappa shape index (κ1) is 43.9. The number of carbonyl (C=O) groups is 4. The molecule has 4 aromatic rings. The average molecular weight is 780 g/mol. The smallest absolute Gasteiger partial charge is 0.307 e. The normalized spacial score (nSPS) is 10.7. The van der Waals surface area contributed by atoms with Gasteiger partial charge in [-0.1, -0.05) is 36.4 Å². The highest BCUT2D eigenvalue weighted by Crippen LogP contribution is 2.35. The fourth-order valence-corrected chi connectivity index (χ4v) is 6.34. The fraction of sp³-hybridized carbons (Fsp3) is 0.391. The SMILES string of the molecule is CCOC(=O)CCN(C)c1ccc(-c2cc(-c3ccc(N(C)CCC(=O)OCC)cc3)cc(-c3ccc(N(CCC(=O)OCC)CCC(=O)OCC)cc3)c2)cc1. The molecule has 4 aromatic carbocycles. The number of nitrogens with zero attached hydrogens (tertiary/aromatic N) is 3. The summed E-state index contributed by atoms with van der Waals surface area (Å²) >= 11 is 0. The number of anilines is 3. The van der Waals surface area contributed by atoms with Crippen molar-refractivity contribution in [1.82, 2.24) is 0 Å². The summed E-state index contributed by atoms with van der Waals surface area (Å²) in [4.78, 5) is 54.4. The van der Waals surface area contributed by atoms with Crippen molar-refractivity contribution in [1.29, 1.82) is 0 Å². The number of ether oxygens (including phenoxy) is 4. The lowest BCUT2D eigenvalue weighted by Gasteiger charge is -2.24. The van der Waals surface area contributed by atoms with E-state index in [1.165, 1.54) is 0 Å². The van der Waals surface area contributed by atoms with E-state index in [1.807, 2.05) is 40.9 Å². The predicted molar refractivity (Wildman–Crippen MR) is 227 cm³/mol. The Kier molecular flexibility index (Phi) is 17.4. The van der Waals surface area contributed by atoms with Gasteiger partial charge in [-0.15, -0.1) is 0 Å². The molecule has 0 N–H and O–H groups in total. The Balaban J connectivity index is 1.66. The maximum absolute atomic E-state index is 12.2. The van der Waals surface area contributed by atoms with Crippen molar-refractivity contribution in [3.05, 3.63) is 91.0 Å². The molecule has 0 unspecified atom stereocenters. The van der Waals surface area contributed by atoms with E-state index in [-0.39, 0.29) is 36.7 Å². The van der Waals surface area contributed by atoms with Crippen LogP contribution in [0.15, 0.2) is 91.0 Å².